The van der Waals surface area contributed by atoms with Crippen molar-refractivity contribution in [2.24, 2.45) is 17.8 Å². The molecule has 2 aliphatic rings. The van der Waals surface area contributed by atoms with Crippen LogP contribution in [0.5, 0.6) is 0 Å². The molecule has 2 fully saturated rings. The summed E-state index contributed by atoms with van der Waals surface area (Å²) in [5.74, 6) is 1.87. The van der Waals surface area contributed by atoms with Gasteiger partial charge in [-0.2, -0.15) is 0 Å². The number of rotatable bonds is 4. The molecule has 2 aromatic heterocycles. The zero-order valence-electron chi connectivity index (χ0n) is 14.4. The summed E-state index contributed by atoms with van der Waals surface area (Å²) < 4.78 is 8.06. The topological polar surface area (TPSA) is 60.7 Å². The average molecular weight is 368 g/mol. The van der Waals surface area contributed by atoms with Gasteiger partial charge < -0.3 is 4.74 Å². The van der Waals surface area contributed by atoms with Crippen LogP contribution in [0, 0.1) is 17.8 Å². The van der Waals surface area contributed by atoms with Crippen molar-refractivity contribution in [3.05, 3.63) is 46.4 Å². The molecule has 6 heteroatoms. The summed E-state index contributed by atoms with van der Waals surface area (Å²) in [5.41, 5.74) is 1.25. The van der Waals surface area contributed by atoms with Gasteiger partial charge in [-0.3, -0.25) is 14.0 Å². The van der Waals surface area contributed by atoms with Gasteiger partial charge in [0.25, 0.3) is 5.56 Å². The number of hydrogen-bond donors (Lipinski definition) is 0. The van der Waals surface area contributed by atoms with Crippen LogP contribution >= 0.6 is 11.3 Å². The first-order chi connectivity index (χ1) is 12.7. The van der Waals surface area contributed by atoms with E-state index in [9.17, 15) is 9.59 Å². The van der Waals surface area contributed by atoms with Gasteiger partial charge in [0.1, 0.15) is 6.61 Å². The van der Waals surface area contributed by atoms with Gasteiger partial charge in [-0.25, -0.2) is 4.98 Å². The van der Waals surface area contributed by atoms with Crippen molar-refractivity contribution in [2.75, 3.05) is 0 Å². The van der Waals surface area contributed by atoms with E-state index in [1.807, 2.05) is 24.3 Å². The van der Waals surface area contributed by atoms with Gasteiger partial charge >= 0.3 is 5.97 Å². The zero-order valence-corrected chi connectivity index (χ0v) is 15.2. The minimum absolute atomic E-state index is 0.0691. The second-order valence-electron chi connectivity index (χ2n) is 7.57. The first-order valence-corrected chi connectivity index (χ1v) is 10.0. The highest BCUT2D eigenvalue weighted by Crippen LogP contribution is 2.49. The van der Waals surface area contributed by atoms with Gasteiger partial charge in [0.15, 0.2) is 4.96 Å². The van der Waals surface area contributed by atoms with Crippen LogP contribution in [0.4, 0.5) is 0 Å². The SMILES string of the molecule is O=C(C[C@H]1C[C@H]2CC[C@H]1C2)OCc1cc(=O)n2c(n1)sc1ccccc12. The molecular formula is C20H20N2O3S. The molecule has 0 saturated heterocycles. The highest BCUT2D eigenvalue weighted by atomic mass is 32.1. The number of carbonyl (C=O) groups is 1. The molecule has 2 saturated carbocycles. The van der Waals surface area contributed by atoms with Crippen LogP contribution in [-0.4, -0.2) is 15.4 Å². The number of aromatic nitrogens is 2. The fraction of sp³-hybridized carbons (Fsp3) is 0.450. The van der Waals surface area contributed by atoms with E-state index in [4.69, 9.17) is 4.74 Å². The van der Waals surface area contributed by atoms with Crippen molar-refractivity contribution in [3.63, 3.8) is 0 Å². The van der Waals surface area contributed by atoms with E-state index in [2.05, 4.69) is 4.98 Å². The van der Waals surface area contributed by atoms with Crippen LogP contribution < -0.4 is 5.56 Å². The lowest BCUT2D eigenvalue weighted by molar-refractivity contribution is -0.146. The molecule has 0 unspecified atom stereocenters. The highest BCUT2D eigenvalue weighted by molar-refractivity contribution is 7.23. The molecule has 0 spiro atoms. The Labute approximate surface area is 154 Å². The van der Waals surface area contributed by atoms with E-state index in [-0.39, 0.29) is 18.1 Å². The predicted octanol–water partition coefficient (Wildman–Crippen LogP) is 3.78. The third-order valence-electron chi connectivity index (χ3n) is 5.94. The quantitative estimate of drug-likeness (QED) is 0.658. The fourth-order valence-electron chi connectivity index (χ4n) is 4.75. The largest absolute Gasteiger partial charge is 0.459 e. The molecule has 26 heavy (non-hydrogen) atoms. The van der Waals surface area contributed by atoms with Gasteiger partial charge in [0, 0.05) is 12.5 Å². The van der Waals surface area contributed by atoms with Crippen LogP contribution in [0.15, 0.2) is 35.1 Å². The summed E-state index contributed by atoms with van der Waals surface area (Å²) >= 11 is 1.47. The molecule has 1 aromatic carbocycles. The fourth-order valence-corrected chi connectivity index (χ4v) is 5.80. The zero-order chi connectivity index (χ0) is 17.7. The number of thiazole rings is 1. The van der Waals surface area contributed by atoms with Crippen molar-refractivity contribution in [3.8, 4) is 0 Å². The Bertz CT molecular complexity index is 1050. The maximum absolute atomic E-state index is 12.5. The molecule has 0 aliphatic heterocycles. The Kier molecular flexibility index (Phi) is 3.81. The Balaban J connectivity index is 1.31. The second-order valence-corrected chi connectivity index (χ2v) is 8.58. The molecule has 5 nitrogen and oxygen atoms in total. The third kappa shape index (κ3) is 2.72. The number of para-hydroxylation sites is 1. The molecule has 3 atom stereocenters. The van der Waals surface area contributed by atoms with E-state index in [0.29, 0.717) is 28.9 Å². The summed E-state index contributed by atoms with van der Waals surface area (Å²) in [7, 11) is 0. The van der Waals surface area contributed by atoms with Crippen LogP contribution in [0.3, 0.4) is 0 Å². The lowest BCUT2D eigenvalue weighted by atomic mass is 9.86. The lowest BCUT2D eigenvalue weighted by Crippen LogP contribution is -2.18. The van der Waals surface area contributed by atoms with E-state index >= 15 is 0 Å². The van der Waals surface area contributed by atoms with Crippen molar-refractivity contribution in [2.45, 2.75) is 38.7 Å². The van der Waals surface area contributed by atoms with E-state index in [0.717, 1.165) is 16.1 Å². The molecule has 2 bridgehead atoms. The maximum atomic E-state index is 12.5. The Morgan fingerprint density at radius 3 is 2.96 bits per heavy atom. The third-order valence-corrected chi connectivity index (χ3v) is 6.96. The summed E-state index contributed by atoms with van der Waals surface area (Å²) in [4.78, 5) is 29.8. The van der Waals surface area contributed by atoms with Crippen LogP contribution in [-0.2, 0) is 16.1 Å². The van der Waals surface area contributed by atoms with Gasteiger partial charge in [0.05, 0.1) is 15.9 Å². The van der Waals surface area contributed by atoms with Crippen LogP contribution in [0.2, 0.25) is 0 Å². The molecule has 0 amide bonds. The summed E-state index contributed by atoms with van der Waals surface area (Å²) in [6.45, 7) is 0.0691. The van der Waals surface area contributed by atoms with Crippen molar-refractivity contribution < 1.29 is 9.53 Å². The molecule has 2 aliphatic carbocycles. The summed E-state index contributed by atoms with van der Waals surface area (Å²) in [6, 6.07) is 9.21. The van der Waals surface area contributed by atoms with Crippen molar-refractivity contribution >= 4 is 32.5 Å². The molecule has 0 radical (unpaired) electrons. The molecule has 134 valence electrons. The molecule has 2 heterocycles. The standard InChI is InChI=1S/C20H20N2O3S/c23-18-10-15(21-20-22(18)16-3-1-2-4-17(16)26-20)11-25-19(24)9-14-8-12-5-6-13(14)7-12/h1-4,10,12-14H,5-9,11H2/t12-,13-,14+/m0/s1. The number of ether oxygens (including phenoxy) is 1. The smallest absolute Gasteiger partial charge is 0.306 e. The molecular weight excluding hydrogens is 348 g/mol. The molecule has 0 N–H and O–H groups in total. The van der Waals surface area contributed by atoms with Crippen molar-refractivity contribution in [1.29, 1.82) is 0 Å². The predicted molar refractivity (Wildman–Crippen MR) is 100 cm³/mol. The Hall–Kier alpha value is -2.21. The number of nitrogens with zero attached hydrogens (tertiary/aromatic N) is 2. The van der Waals surface area contributed by atoms with Crippen molar-refractivity contribution in [1.82, 2.24) is 9.38 Å². The first kappa shape index (κ1) is 16.0. The van der Waals surface area contributed by atoms with E-state index in [1.54, 1.807) is 4.40 Å². The van der Waals surface area contributed by atoms with Gasteiger partial charge in [-0.1, -0.05) is 29.9 Å². The summed E-state index contributed by atoms with van der Waals surface area (Å²) in [6.07, 6.45) is 5.57. The number of esters is 1. The first-order valence-electron chi connectivity index (χ1n) is 9.23. The second kappa shape index (κ2) is 6.20. The summed E-state index contributed by atoms with van der Waals surface area (Å²) in [5, 5.41) is 0. The number of carbonyl (C=O) groups excluding carboxylic acids is 1. The Morgan fingerprint density at radius 2 is 2.15 bits per heavy atom. The van der Waals surface area contributed by atoms with Gasteiger partial charge in [-0.05, 0) is 49.1 Å². The lowest BCUT2D eigenvalue weighted by Gasteiger charge is -2.20. The molecule has 5 rings (SSSR count). The average Bonchev–Trinajstić information content (AvgIpc) is 3.33. The van der Waals surface area contributed by atoms with Crippen LogP contribution in [0.25, 0.3) is 15.2 Å². The van der Waals surface area contributed by atoms with Crippen LogP contribution in [0.1, 0.15) is 37.8 Å². The normalized spacial score (nSPS) is 24.5. The number of benzene rings is 1. The minimum atomic E-state index is -0.166. The minimum Gasteiger partial charge on any atom is -0.459 e. The molecule has 3 aromatic rings. The Morgan fingerprint density at radius 1 is 1.27 bits per heavy atom. The maximum Gasteiger partial charge on any atom is 0.306 e. The van der Waals surface area contributed by atoms with E-state index in [1.165, 1.54) is 43.1 Å². The number of fused-ring (bicyclic) bond motifs is 5. The number of hydrogen-bond acceptors (Lipinski definition) is 5. The van der Waals surface area contributed by atoms with E-state index < -0.39 is 0 Å². The monoisotopic (exact) mass is 368 g/mol. The highest BCUT2D eigenvalue weighted by Gasteiger charge is 2.40. The van der Waals surface area contributed by atoms with Gasteiger partial charge in [-0.15, -0.1) is 0 Å². The van der Waals surface area contributed by atoms with Gasteiger partial charge in [0.2, 0.25) is 0 Å².